The highest BCUT2D eigenvalue weighted by molar-refractivity contribution is 7.99. The zero-order chi connectivity index (χ0) is 24.7. The van der Waals surface area contributed by atoms with Gasteiger partial charge in [0.25, 0.3) is 5.91 Å². The number of carbonyl (C=O) groups excluding carboxylic acids is 2. The molecule has 3 aromatic rings. The number of hydrogen-bond donors (Lipinski definition) is 3. The highest BCUT2D eigenvalue weighted by Crippen LogP contribution is 2.22. The number of nitrogens with one attached hydrogen (secondary N) is 2. The number of carboxylic acid groups (broad SMARTS) is 1. The topological polar surface area (TPSA) is 126 Å². The molecule has 2 aromatic carbocycles. The summed E-state index contributed by atoms with van der Waals surface area (Å²) in [6.45, 7) is 7.86. The van der Waals surface area contributed by atoms with Gasteiger partial charge in [-0.15, -0.1) is 16.8 Å². The smallest absolute Gasteiger partial charge is 0.335 e. The first-order valence-electron chi connectivity index (χ1n) is 10.5. The Kier molecular flexibility index (Phi) is 8.20. The molecule has 1 heterocycles. The number of thioether (sulfide) groups is 1. The van der Waals surface area contributed by atoms with E-state index in [1.54, 1.807) is 28.8 Å². The molecule has 2 amide bonds. The average Bonchev–Trinajstić information content (AvgIpc) is 3.21. The van der Waals surface area contributed by atoms with Crippen LogP contribution in [0.3, 0.4) is 0 Å². The van der Waals surface area contributed by atoms with Crippen LogP contribution in [0.5, 0.6) is 0 Å². The Labute approximate surface area is 201 Å². The van der Waals surface area contributed by atoms with Gasteiger partial charge in [-0.1, -0.05) is 42.1 Å². The molecular weight excluding hydrogens is 454 g/mol. The lowest BCUT2D eigenvalue weighted by Gasteiger charge is -2.16. The summed E-state index contributed by atoms with van der Waals surface area (Å²) < 4.78 is 1.79. The summed E-state index contributed by atoms with van der Waals surface area (Å²) in [5, 5.41) is 23.6. The van der Waals surface area contributed by atoms with Crippen LogP contribution in [0.4, 0.5) is 5.69 Å². The van der Waals surface area contributed by atoms with Gasteiger partial charge < -0.3 is 20.3 Å². The van der Waals surface area contributed by atoms with Crippen LogP contribution in [0.1, 0.15) is 45.1 Å². The molecule has 0 fully saturated rings. The largest absolute Gasteiger partial charge is 0.478 e. The first-order chi connectivity index (χ1) is 16.3. The number of aromatic nitrogens is 3. The summed E-state index contributed by atoms with van der Waals surface area (Å²) in [5.41, 5.74) is 1.94. The number of aryl methyl sites for hydroxylation is 1. The number of anilines is 1. The standard InChI is InChI=1S/C24H25N5O4S/c1-4-12-29-21(16(3)25-22(31)19-11-6-5-8-15(19)2)27-28-24(29)34-14-20(30)26-18-10-7-9-17(13-18)23(32)33/h4-11,13,16H,1,12,14H2,2-3H3,(H,25,31)(H,26,30)(H,32,33)/t16-/m1/s1. The molecule has 34 heavy (non-hydrogen) atoms. The van der Waals surface area contributed by atoms with E-state index >= 15 is 0 Å². The number of nitrogens with zero attached hydrogens (tertiary/aromatic N) is 3. The molecule has 10 heteroatoms. The Bertz CT molecular complexity index is 1220. The molecule has 0 saturated heterocycles. The van der Waals surface area contributed by atoms with Gasteiger partial charge in [0.1, 0.15) is 0 Å². The molecule has 1 atom stereocenters. The van der Waals surface area contributed by atoms with Crippen LogP contribution >= 0.6 is 11.8 Å². The molecule has 3 N–H and O–H groups in total. The van der Waals surface area contributed by atoms with Crippen LogP contribution in [0.25, 0.3) is 0 Å². The van der Waals surface area contributed by atoms with Crippen LogP contribution in [0.2, 0.25) is 0 Å². The molecule has 0 bridgehead atoms. The maximum Gasteiger partial charge on any atom is 0.335 e. The summed E-state index contributed by atoms with van der Waals surface area (Å²) >= 11 is 1.18. The van der Waals surface area contributed by atoms with Crippen LogP contribution in [0, 0.1) is 6.92 Å². The summed E-state index contributed by atoms with van der Waals surface area (Å²) in [6, 6.07) is 12.9. The molecule has 3 rings (SSSR count). The van der Waals surface area contributed by atoms with Crippen molar-refractivity contribution < 1.29 is 19.5 Å². The van der Waals surface area contributed by atoms with E-state index in [2.05, 4.69) is 27.4 Å². The Hall–Kier alpha value is -3.92. The SMILES string of the molecule is C=CCn1c(SCC(=O)Nc2cccc(C(=O)O)c2)nnc1[C@@H](C)NC(=O)c1ccccc1C. The Morgan fingerprint density at radius 3 is 2.65 bits per heavy atom. The van der Waals surface area contributed by atoms with E-state index < -0.39 is 12.0 Å². The molecule has 0 radical (unpaired) electrons. The number of rotatable bonds is 10. The highest BCUT2D eigenvalue weighted by atomic mass is 32.2. The van der Waals surface area contributed by atoms with Crippen molar-refractivity contribution >= 4 is 35.2 Å². The average molecular weight is 480 g/mol. The van der Waals surface area contributed by atoms with E-state index in [1.807, 2.05) is 32.0 Å². The maximum absolute atomic E-state index is 12.7. The number of carboxylic acids is 1. The van der Waals surface area contributed by atoms with E-state index in [0.717, 1.165) is 5.56 Å². The molecule has 0 unspecified atom stereocenters. The van der Waals surface area contributed by atoms with Crippen LogP contribution in [-0.4, -0.2) is 43.4 Å². The highest BCUT2D eigenvalue weighted by Gasteiger charge is 2.21. The van der Waals surface area contributed by atoms with Gasteiger partial charge in [-0.2, -0.15) is 0 Å². The van der Waals surface area contributed by atoms with Crippen LogP contribution in [0.15, 0.2) is 66.3 Å². The van der Waals surface area contributed by atoms with Gasteiger partial charge in [0.2, 0.25) is 5.91 Å². The fourth-order valence-corrected chi connectivity index (χ4v) is 4.01. The van der Waals surface area contributed by atoms with Crippen molar-refractivity contribution in [2.45, 2.75) is 31.6 Å². The van der Waals surface area contributed by atoms with E-state index in [-0.39, 0.29) is 23.1 Å². The Balaban J connectivity index is 1.67. The molecule has 0 aliphatic heterocycles. The predicted molar refractivity (Wildman–Crippen MR) is 130 cm³/mol. The van der Waals surface area contributed by atoms with Crippen molar-refractivity contribution in [1.82, 2.24) is 20.1 Å². The lowest BCUT2D eigenvalue weighted by molar-refractivity contribution is -0.113. The van der Waals surface area contributed by atoms with Crippen LogP contribution < -0.4 is 10.6 Å². The van der Waals surface area contributed by atoms with E-state index in [1.165, 1.54) is 23.9 Å². The van der Waals surface area contributed by atoms with Crippen molar-refractivity contribution in [2.24, 2.45) is 0 Å². The molecule has 0 saturated carbocycles. The minimum absolute atomic E-state index is 0.0382. The molecule has 0 aliphatic carbocycles. The quantitative estimate of drug-likeness (QED) is 0.299. The minimum Gasteiger partial charge on any atom is -0.478 e. The number of allylic oxidation sites excluding steroid dienone is 1. The van der Waals surface area contributed by atoms with E-state index in [4.69, 9.17) is 5.11 Å². The summed E-state index contributed by atoms with van der Waals surface area (Å²) in [4.78, 5) is 36.2. The van der Waals surface area contributed by atoms with Gasteiger partial charge in [0, 0.05) is 17.8 Å². The number of amides is 2. The second kappa shape index (κ2) is 11.3. The van der Waals surface area contributed by atoms with Gasteiger partial charge in [0.15, 0.2) is 11.0 Å². The fourth-order valence-electron chi connectivity index (χ4n) is 3.25. The van der Waals surface area contributed by atoms with Crippen molar-refractivity contribution in [3.63, 3.8) is 0 Å². The van der Waals surface area contributed by atoms with Gasteiger partial charge >= 0.3 is 5.97 Å². The van der Waals surface area contributed by atoms with Crippen molar-refractivity contribution in [3.8, 4) is 0 Å². The zero-order valence-electron chi connectivity index (χ0n) is 18.8. The van der Waals surface area contributed by atoms with Crippen molar-refractivity contribution in [2.75, 3.05) is 11.1 Å². The summed E-state index contributed by atoms with van der Waals surface area (Å²) in [7, 11) is 0. The Morgan fingerprint density at radius 2 is 1.94 bits per heavy atom. The lowest BCUT2D eigenvalue weighted by atomic mass is 10.1. The third kappa shape index (κ3) is 6.10. The van der Waals surface area contributed by atoms with E-state index in [9.17, 15) is 14.4 Å². The van der Waals surface area contributed by atoms with Gasteiger partial charge in [-0.05, 0) is 43.7 Å². The van der Waals surface area contributed by atoms with Gasteiger partial charge in [0.05, 0.1) is 17.4 Å². The first-order valence-corrected chi connectivity index (χ1v) is 11.4. The maximum atomic E-state index is 12.7. The molecule has 0 spiro atoms. The van der Waals surface area contributed by atoms with Gasteiger partial charge in [-0.3, -0.25) is 9.59 Å². The predicted octanol–water partition coefficient (Wildman–Crippen LogP) is 3.69. The summed E-state index contributed by atoms with van der Waals surface area (Å²) in [5.74, 6) is -1.02. The number of benzene rings is 2. The third-order valence-corrected chi connectivity index (χ3v) is 5.87. The second-order valence-corrected chi connectivity index (χ2v) is 8.42. The molecule has 176 valence electrons. The third-order valence-electron chi connectivity index (χ3n) is 4.91. The minimum atomic E-state index is -1.07. The Morgan fingerprint density at radius 1 is 1.18 bits per heavy atom. The monoisotopic (exact) mass is 479 g/mol. The number of hydrogen-bond acceptors (Lipinski definition) is 6. The van der Waals surface area contributed by atoms with Crippen molar-refractivity contribution in [1.29, 1.82) is 0 Å². The molecule has 9 nitrogen and oxygen atoms in total. The van der Waals surface area contributed by atoms with Crippen LogP contribution in [-0.2, 0) is 11.3 Å². The van der Waals surface area contributed by atoms with Gasteiger partial charge in [-0.25, -0.2) is 4.79 Å². The summed E-state index contributed by atoms with van der Waals surface area (Å²) in [6.07, 6.45) is 1.68. The molecular formula is C24H25N5O4S. The molecule has 1 aromatic heterocycles. The normalized spacial score (nSPS) is 11.5. The zero-order valence-corrected chi connectivity index (χ0v) is 19.6. The number of carbonyl (C=O) groups is 3. The van der Waals surface area contributed by atoms with E-state index in [0.29, 0.717) is 28.8 Å². The second-order valence-electron chi connectivity index (χ2n) is 7.47. The fraction of sp³-hybridized carbons (Fsp3) is 0.208. The lowest BCUT2D eigenvalue weighted by Crippen LogP contribution is -2.29. The van der Waals surface area contributed by atoms with Crippen molar-refractivity contribution in [3.05, 3.63) is 83.7 Å². The molecule has 0 aliphatic rings. The number of aromatic carboxylic acids is 1. The first kappa shape index (κ1) is 24.7.